The van der Waals surface area contributed by atoms with Crippen LogP contribution in [0.2, 0.25) is 0 Å². The van der Waals surface area contributed by atoms with E-state index < -0.39 is 83.1 Å². The first-order chi connectivity index (χ1) is 19.3. The van der Waals surface area contributed by atoms with E-state index in [1.54, 1.807) is 0 Å². The van der Waals surface area contributed by atoms with Crippen LogP contribution >= 0.6 is 11.3 Å². The Bertz CT molecular complexity index is 1510. The summed E-state index contributed by atoms with van der Waals surface area (Å²) in [5.74, 6) is -35.6. The van der Waals surface area contributed by atoms with Crippen LogP contribution in [0.1, 0.15) is 33.6 Å². The molecule has 0 aliphatic rings. The Hall–Kier alpha value is -3.64. The molecule has 0 saturated carbocycles. The molecule has 0 spiro atoms. The number of Topliss-reactive ketones (excluding diaryl/α,β-unsaturated/α-hetero) is 4. The zero-order valence-corrected chi connectivity index (χ0v) is 21.0. The summed E-state index contributed by atoms with van der Waals surface area (Å²) in [6.07, 6.45) is -17.9. The topological polar surface area (TPSA) is 68.3 Å². The summed E-state index contributed by atoms with van der Waals surface area (Å²) in [6, 6.07) is 5.71. The first kappa shape index (κ1) is 33.9. The average molecular weight is 660 g/mol. The Morgan fingerprint density at radius 2 is 0.814 bits per heavy atom. The number of alkyl halides is 14. The minimum Gasteiger partial charge on any atom is -0.294 e. The van der Waals surface area contributed by atoms with Gasteiger partial charge in [-0.1, -0.05) is 0 Å². The molecular formula is C24H10F14O4S. The van der Waals surface area contributed by atoms with Gasteiger partial charge in [-0.15, -0.1) is 11.3 Å². The monoisotopic (exact) mass is 660 g/mol. The Kier molecular flexibility index (Phi) is 8.28. The maximum atomic E-state index is 13.6. The standard InChI is InChI=1S/C24H10F14O4S/c25-19(26,21(29,30)23(33,34)35)17(41)7-13(39)9-1-3-15-11(5-9)12-6-10(2-4-16(12)43-15)14(40)8-18(42)20(27,28)22(31,32)24(36,37)38/h1-6H,7-8H2. The predicted molar refractivity (Wildman–Crippen MR) is 119 cm³/mol. The largest absolute Gasteiger partial charge is 0.460 e. The maximum Gasteiger partial charge on any atom is 0.460 e. The lowest BCUT2D eigenvalue weighted by Gasteiger charge is -2.26. The van der Waals surface area contributed by atoms with Crippen LogP contribution in [-0.4, -0.2) is 59.2 Å². The molecule has 0 fully saturated rings. The lowest BCUT2D eigenvalue weighted by molar-refractivity contribution is -0.343. The lowest BCUT2D eigenvalue weighted by Crippen LogP contribution is -2.56. The maximum absolute atomic E-state index is 13.6. The van der Waals surface area contributed by atoms with Crippen LogP contribution in [0.3, 0.4) is 0 Å². The first-order valence-corrected chi connectivity index (χ1v) is 11.8. The number of benzene rings is 2. The smallest absolute Gasteiger partial charge is 0.294 e. The van der Waals surface area contributed by atoms with Gasteiger partial charge in [-0.25, -0.2) is 0 Å². The van der Waals surface area contributed by atoms with Gasteiger partial charge in [0.15, 0.2) is 11.6 Å². The van der Waals surface area contributed by atoms with Crippen molar-refractivity contribution >= 4 is 54.6 Å². The van der Waals surface area contributed by atoms with Gasteiger partial charge in [0.05, 0.1) is 12.8 Å². The van der Waals surface area contributed by atoms with E-state index in [2.05, 4.69) is 0 Å². The third kappa shape index (κ3) is 5.70. The zero-order valence-electron chi connectivity index (χ0n) is 20.2. The van der Waals surface area contributed by atoms with Crippen LogP contribution in [0.15, 0.2) is 36.4 Å². The molecule has 0 saturated heterocycles. The fraction of sp³-hybridized carbons (Fsp3) is 0.333. The molecule has 3 rings (SSSR count). The molecule has 0 radical (unpaired) electrons. The minimum atomic E-state index is -6.83. The van der Waals surface area contributed by atoms with Gasteiger partial charge in [0.25, 0.3) is 0 Å². The third-order valence-corrected chi connectivity index (χ3v) is 7.11. The van der Waals surface area contributed by atoms with E-state index in [0.717, 1.165) is 47.7 Å². The van der Waals surface area contributed by atoms with Gasteiger partial charge < -0.3 is 0 Å². The van der Waals surface area contributed by atoms with E-state index in [1.165, 1.54) is 0 Å². The van der Waals surface area contributed by atoms with E-state index in [9.17, 15) is 80.6 Å². The molecule has 43 heavy (non-hydrogen) atoms. The Labute approximate surface area is 232 Å². The highest BCUT2D eigenvalue weighted by molar-refractivity contribution is 7.25. The van der Waals surface area contributed by atoms with E-state index in [0.29, 0.717) is 0 Å². The van der Waals surface area contributed by atoms with Gasteiger partial charge in [-0.05, 0) is 36.4 Å². The van der Waals surface area contributed by atoms with E-state index in [4.69, 9.17) is 0 Å². The number of ketones is 4. The van der Waals surface area contributed by atoms with Crippen molar-refractivity contribution in [3.8, 4) is 0 Å². The van der Waals surface area contributed by atoms with Crippen LogP contribution in [0, 0.1) is 0 Å². The summed E-state index contributed by atoms with van der Waals surface area (Å²) in [5.41, 5.74) is -1.32. The summed E-state index contributed by atoms with van der Waals surface area (Å²) in [4.78, 5) is 47.9. The van der Waals surface area contributed by atoms with Crippen molar-refractivity contribution in [1.82, 2.24) is 0 Å². The molecule has 2 aromatic carbocycles. The molecule has 1 heterocycles. The van der Waals surface area contributed by atoms with Crippen LogP contribution in [-0.2, 0) is 9.59 Å². The van der Waals surface area contributed by atoms with Crippen molar-refractivity contribution < 1.29 is 80.6 Å². The van der Waals surface area contributed by atoms with Gasteiger partial charge in [0, 0.05) is 31.3 Å². The normalized spacial score (nSPS) is 13.9. The van der Waals surface area contributed by atoms with Crippen LogP contribution < -0.4 is 0 Å². The van der Waals surface area contributed by atoms with E-state index in [1.807, 2.05) is 0 Å². The van der Waals surface area contributed by atoms with Crippen LogP contribution in [0.4, 0.5) is 61.5 Å². The van der Waals surface area contributed by atoms with Crippen molar-refractivity contribution in [3.05, 3.63) is 47.5 Å². The molecule has 0 N–H and O–H groups in total. The second-order valence-corrected chi connectivity index (χ2v) is 9.95. The fourth-order valence-electron chi connectivity index (χ4n) is 3.55. The van der Waals surface area contributed by atoms with Crippen molar-refractivity contribution in [1.29, 1.82) is 0 Å². The van der Waals surface area contributed by atoms with Crippen molar-refractivity contribution in [2.45, 2.75) is 48.9 Å². The number of carbonyl (C=O) groups is 4. The van der Waals surface area contributed by atoms with Crippen molar-refractivity contribution in [3.63, 3.8) is 0 Å². The molecule has 0 unspecified atom stereocenters. The Morgan fingerprint density at radius 3 is 1.09 bits per heavy atom. The molecule has 1 aromatic heterocycles. The molecule has 19 heteroatoms. The summed E-state index contributed by atoms with van der Waals surface area (Å²) in [5, 5.41) is -0.110. The third-order valence-electron chi connectivity index (χ3n) is 5.96. The SMILES string of the molecule is O=C(CC(=O)C(F)(F)C(F)(F)C(F)(F)F)c1ccc2sc3ccc(C(=O)CC(=O)C(F)(F)C(F)(F)C(F)(F)F)cc3c2c1. The van der Waals surface area contributed by atoms with Crippen LogP contribution in [0.5, 0.6) is 0 Å². The molecule has 0 atom stereocenters. The number of fused-ring (bicyclic) bond motifs is 3. The quantitative estimate of drug-likeness (QED) is 0.126. The number of thiophene rings is 1. The number of carbonyl (C=O) groups excluding carboxylic acids is 4. The highest BCUT2D eigenvalue weighted by Crippen LogP contribution is 2.48. The number of halogens is 14. The van der Waals surface area contributed by atoms with Crippen LogP contribution in [0.25, 0.3) is 20.2 Å². The summed E-state index contributed by atoms with van der Waals surface area (Å²) >= 11 is 0.906. The van der Waals surface area contributed by atoms with Gasteiger partial charge in [0.2, 0.25) is 11.6 Å². The summed E-state index contributed by atoms with van der Waals surface area (Å²) in [6.45, 7) is 0. The van der Waals surface area contributed by atoms with E-state index in [-0.39, 0.29) is 20.2 Å². The number of hydrogen-bond donors (Lipinski definition) is 0. The van der Waals surface area contributed by atoms with Crippen molar-refractivity contribution in [2.75, 3.05) is 0 Å². The second kappa shape index (κ2) is 10.5. The molecule has 4 nitrogen and oxygen atoms in total. The summed E-state index contributed by atoms with van der Waals surface area (Å²) in [7, 11) is 0. The Morgan fingerprint density at radius 1 is 0.512 bits per heavy atom. The second-order valence-electron chi connectivity index (χ2n) is 8.86. The number of hydrogen-bond acceptors (Lipinski definition) is 5. The number of rotatable bonds is 10. The summed E-state index contributed by atoms with van der Waals surface area (Å²) < 4.78 is 181. The minimum absolute atomic E-state index is 0.0550. The van der Waals surface area contributed by atoms with Gasteiger partial charge in [-0.2, -0.15) is 61.5 Å². The molecule has 0 amide bonds. The predicted octanol–water partition coefficient (Wildman–Crippen LogP) is 8.00. The van der Waals surface area contributed by atoms with E-state index >= 15 is 0 Å². The lowest BCUT2D eigenvalue weighted by atomic mass is 9.96. The molecule has 0 aliphatic heterocycles. The average Bonchev–Trinajstić information content (AvgIpc) is 3.24. The molecule has 3 aromatic rings. The zero-order chi connectivity index (χ0) is 33.1. The van der Waals surface area contributed by atoms with Gasteiger partial charge in [0.1, 0.15) is 0 Å². The van der Waals surface area contributed by atoms with Crippen molar-refractivity contribution in [2.24, 2.45) is 0 Å². The first-order valence-electron chi connectivity index (χ1n) is 11.0. The van der Waals surface area contributed by atoms with Gasteiger partial charge in [-0.3, -0.25) is 19.2 Å². The van der Waals surface area contributed by atoms with Gasteiger partial charge >= 0.3 is 36.0 Å². The molecule has 234 valence electrons. The molecule has 0 bridgehead atoms. The molecule has 0 aliphatic carbocycles. The highest BCUT2D eigenvalue weighted by Gasteiger charge is 2.76. The fourth-order valence-corrected chi connectivity index (χ4v) is 4.62. The molecular weight excluding hydrogens is 650 g/mol. The highest BCUT2D eigenvalue weighted by atomic mass is 32.1. The Balaban J connectivity index is 1.91.